The number of carbonyl (C=O) groups excluding carboxylic acids is 3. The lowest BCUT2D eigenvalue weighted by Crippen LogP contribution is -2.42. The van der Waals surface area contributed by atoms with Gasteiger partial charge >= 0.3 is 6.09 Å². The number of tetrazole rings is 1. The molecule has 0 radical (unpaired) electrons. The number of ether oxygens (including phenoxy) is 3. The van der Waals surface area contributed by atoms with Gasteiger partial charge < -0.3 is 24.6 Å². The second-order valence-corrected chi connectivity index (χ2v) is 13.0. The molecule has 14 heteroatoms. The number of para-hydroxylation sites is 1. The summed E-state index contributed by atoms with van der Waals surface area (Å²) in [5.74, 6) is -0.446. The number of benzene rings is 4. The maximum absolute atomic E-state index is 13.2. The van der Waals surface area contributed by atoms with E-state index >= 15 is 0 Å². The average Bonchev–Trinajstić information content (AvgIpc) is 3.76. The maximum Gasteiger partial charge on any atom is 0.408 e. The number of hydrogen-bond donors (Lipinski definition) is 2. The minimum absolute atomic E-state index is 0.0406. The molecule has 260 valence electrons. The number of thioether (sulfide) groups is 1. The van der Waals surface area contributed by atoms with Crippen LogP contribution in [0.4, 0.5) is 10.5 Å². The van der Waals surface area contributed by atoms with Crippen molar-refractivity contribution < 1.29 is 33.7 Å². The molecule has 13 nitrogen and oxygen atoms in total. The predicted molar refractivity (Wildman–Crippen MR) is 185 cm³/mol. The SMILES string of the molecule is O=C(NC1CC(=O)N(c2ccc([C@@H]3O[C@H](CSc4nnnn4-c4ccccc4)C[C@H](c4ccc(CO)cc4)O3)cc2)C1=O)OCc1ccccc1. The molecule has 2 aliphatic heterocycles. The van der Waals surface area contributed by atoms with Crippen LogP contribution in [0.15, 0.2) is 114 Å². The summed E-state index contributed by atoms with van der Waals surface area (Å²) in [6.45, 7) is -0.0185. The van der Waals surface area contributed by atoms with E-state index in [0.717, 1.165) is 27.3 Å². The lowest BCUT2D eigenvalue weighted by Gasteiger charge is -2.36. The van der Waals surface area contributed by atoms with E-state index in [2.05, 4.69) is 20.8 Å². The number of imide groups is 1. The van der Waals surface area contributed by atoms with Gasteiger partial charge in [-0.1, -0.05) is 96.7 Å². The summed E-state index contributed by atoms with van der Waals surface area (Å²) in [5, 5.41) is 24.9. The zero-order valence-electron chi connectivity index (χ0n) is 27.3. The van der Waals surface area contributed by atoms with Crippen molar-refractivity contribution in [1.29, 1.82) is 0 Å². The number of anilines is 1. The van der Waals surface area contributed by atoms with Crippen molar-refractivity contribution in [2.75, 3.05) is 10.7 Å². The number of nitrogens with zero attached hydrogens (tertiary/aromatic N) is 5. The molecular weight excluding hydrogens is 673 g/mol. The highest BCUT2D eigenvalue weighted by Crippen LogP contribution is 2.40. The molecule has 51 heavy (non-hydrogen) atoms. The predicted octanol–water partition coefficient (Wildman–Crippen LogP) is 5.05. The van der Waals surface area contributed by atoms with Gasteiger partial charge in [0, 0.05) is 17.7 Å². The number of aliphatic hydroxyl groups excluding tert-OH is 1. The zero-order valence-corrected chi connectivity index (χ0v) is 28.1. The van der Waals surface area contributed by atoms with Crippen LogP contribution in [0.1, 0.15) is 47.5 Å². The number of hydrogen-bond acceptors (Lipinski definition) is 11. The molecule has 2 N–H and O–H groups in total. The van der Waals surface area contributed by atoms with E-state index in [0.29, 0.717) is 28.6 Å². The van der Waals surface area contributed by atoms with Crippen LogP contribution in [0.3, 0.4) is 0 Å². The molecule has 4 atom stereocenters. The largest absolute Gasteiger partial charge is 0.445 e. The maximum atomic E-state index is 13.2. The monoisotopic (exact) mass is 706 g/mol. The van der Waals surface area contributed by atoms with Gasteiger partial charge in [-0.15, -0.1) is 5.10 Å². The highest BCUT2D eigenvalue weighted by atomic mass is 32.2. The Morgan fingerprint density at radius 1 is 0.863 bits per heavy atom. The minimum atomic E-state index is -1.04. The van der Waals surface area contributed by atoms with E-state index in [-0.39, 0.29) is 31.8 Å². The molecule has 3 amide bonds. The van der Waals surface area contributed by atoms with Crippen LogP contribution < -0.4 is 10.2 Å². The van der Waals surface area contributed by atoms with Crippen molar-refractivity contribution in [3.05, 3.63) is 131 Å². The minimum Gasteiger partial charge on any atom is -0.445 e. The molecule has 0 bridgehead atoms. The van der Waals surface area contributed by atoms with Crippen LogP contribution in [0.5, 0.6) is 0 Å². The van der Waals surface area contributed by atoms with E-state index in [9.17, 15) is 19.5 Å². The lowest BCUT2D eigenvalue weighted by molar-refractivity contribution is -0.245. The Labute approximate surface area is 297 Å². The highest BCUT2D eigenvalue weighted by Gasteiger charge is 2.41. The first kappa shape index (κ1) is 34.1. The topological polar surface area (TPSA) is 158 Å². The van der Waals surface area contributed by atoms with E-state index in [1.807, 2.05) is 84.9 Å². The van der Waals surface area contributed by atoms with Gasteiger partial charge in [0.25, 0.3) is 5.91 Å². The average molecular weight is 707 g/mol. The lowest BCUT2D eigenvalue weighted by atomic mass is 10.0. The van der Waals surface area contributed by atoms with Crippen molar-refractivity contribution in [3.8, 4) is 5.69 Å². The Balaban J connectivity index is 1.03. The number of aromatic nitrogens is 4. The van der Waals surface area contributed by atoms with E-state index < -0.39 is 30.2 Å². The molecule has 3 heterocycles. The molecule has 2 aliphatic rings. The van der Waals surface area contributed by atoms with Gasteiger partial charge in [-0.3, -0.25) is 9.59 Å². The fraction of sp³-hybridized carbons (Fsp3) is 0.243. The van der Waals surface area contributed by atoms with Crippen LogP contribution in [0.2, 0.25) is 0 Å². The normalized spacial score (nSPS) is 20.4. The van der Waals surface area contributed by atoms with Gasteiger partial charge in [0.2, 0.25) is 11.1 Å². The Bertz CT molecular complexity index is 1960. The fourth-order valence-corrected chi connectivity index (χ4v) is 6.80. The zero-order chi connectivity index (χ0) is 35.2. The van der Waals surface area contributed by atoms with Gasteiger partial charge in [0.15, 0.2) is 6.29 Å². The number of aliphatic hydroxyl groups is 1. The van der Waals surface area contributed by atoms with E-state index in [1.54, 1.807) is 28.9 Å². The Morgan fingerprint density at radius 3 is 2.29 bits per heavy atom. The first-order chi connectivity index (χ1) is 24.9. The molecule has 7 rings (SSSR count). The first-order valence-corrected chi connectivity index (χ1v) is 17.3. The highest BCUT2D eigenvalue weighted by molar-refractivity contribution is 7.99. The van der Waals surface area contributed by atoms with Crippen molar-refractivity contribution in [3.63, 3.8) is 0 Å². The van der Waals surface area contributed by atoms with E-state index in [4.69, 9.17) is 14.2 Å². The van der Waals surface area contributed by atoms with Crippen LogP contribution >= 0.6 is 11.8 Å². The molecule has 1 aromatic heterocycles. The Morgan fingerprint density at radius 2 is 1.57 bits per heavy atom. The molecule has 2 saturated heterocycles. The van der Waals surface area contributed by atoms with Gasteiger partial charge in [-0.25, -0.2) is 9.69 Å². The molecule has 2 fully saturated rings. The van der Waals surface area contributed by atoms with Gasteiger partial charge in [-0.05, 0) is 51.4 Å². The second kappa shape index (κ2) is 15.6. The van der Waals surface area contributed by atoms with Crippen LogP contribution in [0, 0.1) is 0 Å². The van der Waals surface area contributed by atoms with Crippen molar-refractivity contribution in [2.45, 2.75) is 55.8 Å². The third-order valence-corrected chi connectivity index (χ3v) is 9.58. The summed E-state index contributed by atoms with van der Waals surface area (Å²) in [6.07, 6.45) is -1.73. The first-order valence-electron chi connectivity index (χ1n) is 16.4. The molecular formula is C37H34N6O7S. The van der Waals surface area contributed by atoms with Crippen LogP contribution in [-0.2, 0) is 37.0 Å². The molecule has 0 saturated carbocycles. The number of rotatable bonds is 11. The molecule has 0 spiro atoms. The van der Waals surface area contributed by atoms with Crippen molar-refractivity contribution in [1.82, 2.24) is 25.5 Å². The van der Waals surface area contributed by atoms with Crippen molar-refractivity contribution in [2.24, 2.45) is 0 Å². The second-order valence-electron chi connectivity index (χ2n) is 12.0. The van der Waals surface area contributed by atoms with Gasteiger partial charge in [-0.2, -0.15) is 4.68 Å². The summed E-state index contributed by atoms with van der Waals surface area (Å²) in [4.78, 5) is 39.7. The number of amides is 3. The van der Waals surface area contributed by atoms with Gasteiger partial charge in [0.1, 0.15) is 12.6 Å². The molecule has 0 aliphatic carbocycles. The quantitative estimate of drug-likeness (QED) is 0.140. The van der Waals surface area contributed by atoms with Gasteiger partial charge in [0.05, 0.1) is 36.6 Å². The number of alkyl carbamates (subject to hydrolysis) is 1. The Kier molecular flexibility index (Phi) is 10.4. The smallest absolute Gasteiger partial charge is 0.408 e. The third-order valence-electron chi connectivity index (χ3n) is 8.53. The standard InChI is InChI=1S/C37H34N6O7S/c44-21-24-11-13-26(14-12-24)32-19-30(23-51-36-39-40-41-43(36)29-9-5-2-6-10-29)49-35(50-32)27-15-17-28(18-16-27)42-33(45)20-31(34(42)46)38-37(47)48-22-25-7-3-1-4-8-25/h1-18,30-32,35,44H,19-23H2,(H,38,47)/t30-,31?,32+,35+/m0/s1. The summed E-state index contributed by atoms with van der Waals surface area (Å²) < 4.78 is 19.9. The summed E-state index contributed by atoms with van der Waals surface area (Å²) >= 11 is 1.47. The number of nitrogens with one attached hydrogen (secondary N) is 1. The summed E-state index contributed by atoms with van der Waals surface area (Å²) in [6, 6.07) is 32.2. The summed E-state index contributed by atoms with van der Waals surface area (Å²) in [5.41, 5.74) is 4.44. The number of carbonyl (C=O) groups is 3. The molecule has 1 unspecified atom stereocenters. The van der Waals surface area contributed by atoms with Crippen molar-refractivity contribution >= 4 is 35.4 Å². The van der Waals surface area contributed by atoms with E-state index in [1.165, 1.54) is 11.8 Å². The van der Waals surface area contributed by atoms with Crippen LogP contribution in [0.25, 0.3) is 5.69 Å². The summed E-state index contributed by atoms with van der Waals surface area (Å²) in [7, 11) is 0. The Hall–Kier alpha value is -5.41. The van der Waals surface area contributed by atoms with Crippen LogP contribution in [-0.4, -0.2) is 61.1 Å². The third kappa shape index (κ3) is 7.99. The molecule has 4 aromatic carbocycles. The fourth-order valence-electron chi connectivity index (χ4n) is 5.89. The molecule has 5 aromatic rings.